The second kappa shape index (κ2) is 26.1. The molecule has 0 radical (unpaired) electrons. The zero-order valence-corrected chi connectivity index (χ0v) is 51.9. The Bertz CT molecular complexity index is 3860. The molecule has 4 bridgehead atoms. The van der Waals surface area contributed by atoms with Crippen LogP contribution in [0.4, 0.5) is 0 Å². The predicted octanol–water partition coefficient (Wildman–Crippen LogP) is 6.58. The van der Waals surface area contributed by atoms with E-state index in [1.807, 2.05) is 84.9 Å². The number of aromatic carboxylic acids is 1. The second-order valence-corrected chi connectivity index (χ2v) is 26.1. The van der Waals surface area contributed by atoms with Gasteiger partial charge in [-0.05, 0) is 81.9 Å². The zero-order valence-electron chi connectivity index (χ0n) is 50.4. The summed E-state index contributed by atoms with van der Waals surface area (Å²) >= 11 is 13.3. The number of fused-ring (bicyclic) bond motifs is 10. The Kier molecular flexibility index (Phi) is 17.7. The van der Waals surface area contributed by atoms with Crippen LogP contribution in [0.5, 0.6) is 12.0 Å². The van der Waals surface area contributed by atoms with E-state index >= 15 is 0 Å². The number of quaternary nitrogens is 2. The number of nitrogens with zero attached hydrogens (tertiary/aromatic N) is 6. The van der Waals surface area contributed by atoms with Crippen LogP contribution in [-0.2, 0) is 18.9 Å². The summed E-state index contributed by atoms with van der Waals surface area (Å²) < 4.78 is 37.0. The van der Waals surface area contributed by atoms with Gasteiger partial charge in [-0.15, -0.1) is 0 Å². The van der Waals surface area contributed by atoms with Crippen LogP contribution < -0.4 is 20.5 Å². The smallest absolute Gasteiger partial charge is 0.335 e. The predicted molar refractivity (Wildman–Crippen MR) is 344 cm³/mol. The summed E-state index contributed by atoms with van der Waals surface area (Å²) in [4.78, 5) is 44.5. The normalized spacial score (nSPS) is 28.5. The minimum Gasteiger partial charge on any atom is -0.478 e. The summed E-state index contributed by atoms with van der Waals surface area (Å²) in [5, 5.41) is 33.3. The van der Waals surface area contributed by atoms with Crippen LogP contribution >= 0.6 is 23.2 Å². The molecule has 0 saturated carbocycles. The first-order valence-corrected chi connectivity index (χ1v) is 32.3. The maximum atomic E-state index is 12.8. The Morgan fingerprint density at radius 3 is 1.32 bits per heavy atom. The van der Waals surface area contributed by atoms with E-state index in [0.717, 1.165) is 78.6 Å². The number of aliphatic hydroxyl groups excluding tert-OH is 2. The molecule has 10 fully saturated rings. The van der Waals surface area contributed by atoms with Crippen molar-refractivity contribution in [2.45, 2.75) is 48.8 Å². The third kappa shape index (κ3) is 13.1. The molecule has 8 aromatic rings. The van der Waals surface area contributed by atoms with E-state index in [-0.39, 0.29) is 61.3 Å². The highest BCUT2D eigenvalue weighted by atomic mass is 35.5. The van der Waals surface area contributed by atoms with Crippen LogP contribution in [0.15, 0.2) is 121 Å². The lowest BCUT2D eigenvalue weighted by Crippen LogP contribution is -2.68. The van der Waals surface area contributed by atoms with Crippen LogP contribution in [0.1, 0.15) is 20.7 Å². The van der Waals surface area contributed by atoms with Gasteiger partial charge in [0.1, 0.15) is 36.6 Å². The van der Waals surface area contributed by atoms with Crippen molar-refractivity contribution < 1.29 is 62.3 Å². The molecule has 0 unspecified atom stereocenters. The third-order valence-corrected chi connectivity index (χ3v) is 20.4. The molecule has 476 valence electrons. The monoisotopic (exact) mass is 1280 g/mol. The lowest BCUT2D eigenvalue weighted by atomic mass is 9.99. The van der Waals surface area contributed by atoms with Gasteiger partial charge in [0.2, 0.25) is 0 Å². The number of hydrogen-bond acceptors (Lipinski definition) is 15. The summed E-state index contributed by atoms with van der Waals surface area (Å²) in [6, 6.07) is 38.8. The summed E-state index contributed by atoms with van der Waals surface area (Å²) in [5.74, 6) is -0.968. The van der Waals surface area contributed by atoms with Crippen LogP contribution in [-0.4, -0.2) is 246 Å². The van der Waals surface area contributed by atoms with E-state index in [4.69, 9.17) is 62.5 Å². The SMILES string of the molecule is NCC[N+]12CCN(CC1)CC2.O=C(NCC[N+]12CCN(CC1)CC2)c1ccc(-c2ccc(-c3cc4nc(O[C@@H]5CO[C@H]6[C@@H]5OC[C@H]6O)[nH]c4cc3Cl)cc2)cc1.O=C(O)c1ccc(-c2ccc(-c3cc4nc(O[C@@H]5CO[C@H]6[C@@H]5OC[C@H]6O)[nH]c4cc3Cl)cc2)cc1. The van der Waals surface area contributed by atoms with E-state index in [2.05, 4.69) is 47.2 Å². The molecular formula is C68H76Cl2N10O11+2. The van der Waals surface area contributed by atoms with Crippen molar-refractivity contribution >= 4 is 57.1 Å². The highest BCUT2D eigenvalue weighted by molar-refractivity contribution is 6.34. The van der Waals surface area contributed by atoms with Gasteiger partial charge in [0.25, 0.3) is 17.9 Å². The Morgan fingerprint density at radius 1 is 0.538 bits per heavy atom. The van der Waals surface area contributed by atoms with Gasteiger partial charge in [-0.2, -0.15) is 9.97 Å². The molecule has 8 atom stereocenters. The lowest BCUT2D eigenvalue weighted by molar-refractivity contribution is -0.939. The average molecular weight is 1280 g/mol. The van der Waals surface area contributed by atoms with Crippen molar-refractivity contribution in [1.29, 1.82) is 0 Å². The molecule has 0 spiro atoms. The van der Waals surface area contributed by atoms with Crippen LogP contribution in [0.2, 0.25) is 10.0 Å². The highest BCUT2D eigenvalue weighted by Crippen LogP contribution is 2.38. The first kappa shape index (κ1) is 61.4. The molecule has 10 aliphatic heterocycles. The maximum Gasteiger partial charge on any atom is 0.335 e. The minimum atomic E-state index is -0.949. The summed E-state index contributed by atoms with van der Waals surface area (Å²) in [6.07, 6.45) is -3.35. The molecule has 10 saturated heterocycles. The number of nitrogens with one attached hydrogen (secondary N) is 3. The number of ether oxygens (including phenoxy) is 6. The molecule has 6 aromatic carbocycles. The average Bonchev–Trinajstić information content (AvgIpc) is 1.84. The van der Waals surface area contributed by atoms with E-state index in [0.29, 0.717) is 52.9 Å². The van der Waals surface area contributed by atoms with Gasteiger partial charge in [-0.3, -0.25) is 14.6 Å². The molecule has 23 heteroatoms. The third-order valence-electron chi connectivity index (χ3n) is 19.7. The molecule has 18 rings (SSSR count). The number of benzene rings is 6. The first-order valence-electron chi connectivity index (χ1n) is 31.6. The number of hydrogen-bond donors (Lipinski definition) is 7. The van der Waals surface area contributed by atoms with Gasteiger partial charge < -0.3 is 73.7 Å². The molecule has 1 amide bonds. The molecule has 8 N–H and O–H groups in total. The Morgan fingerprint density at radius 2 is 0.912 bits per heavy atom. The quantitative estimate of drug-likeness (QED) is 0.0536. The van der Waals surface area contributed by atoms with Crippen LogP contribution in [0.25, 0.3) is 66.6 Å². The van der Waals surface area contributed by atoms with Crippen LogP contribution in [0.3, 0.4) is 0 Å². The Balaban J connectivity index is 0.000000138. The number of carboxylic acid groups (broad SMARTS) is 1. The van der Waals surface area contributed by atoms with Gasteiger partial charge >= 0.3 is 5.97 Å². The van der Waals surface area contributed by atoms with Crippen molar-refractivity contribution in [2.75, 3.05) is 131 Å². The van der Waals surface area contributed by atoms with Crippen molar-refractivity contribution in [3.63, 3.8) is 0 Å². The van der Waals surface area contributed by atoms with Gasteiger partial charge in [-0.25, -0.2) is 4.79 Å². The number of aromatic nitrogens is 4. The number of carboxylic acids is 1. The molecule has 0 aliphatic carbocycles. The van der Waals surface area contributed by atoms with Gasteiger partial charge in [-0.1, -0.05) is 96.0 Å². The van der Waals surface area contributed by atoms with Gasteiger partial charge in [0, 0.05) is 62.5 Å². The number of amides is 1. The molecular weight excluding hydrogens is 1200 g/mol. The van der Waals surface area contributed by atoms with E-state index < -0.39 is 18.2 Å². The summed E-state index contributed by atoms with van der Waals surface area (Å²) in [7, 11) is 0. The van der Waals surface area contributed by atoms with Crippen molar-refractivity contribution in [3.8, 4) is 56.5 Å². The molecule has 2 aromatic heterocycles. The summed E-state index contributed by atoms with van der Waals surface area (Å²) in [6.45, 7) is 20.0. The fraction of sp³-hybridized carbons (Fsp3) is 0.412. The number of imidazole rings is 2. The number of carbonyl (C=O) groups is 2. The van der Waals surface area contributed by atoms with Crippen LogP contribution in [0, 0.1) is 0 Å². The lowest BCUT2D eigenvalue weighted by Gasteiger charge is -2.50. The number of H-pyrrole nitrogens is 2. The zero-order chi connectivity index (χ0) is 62.4. The number of aromatic amines is 2. The highest BCUT2D eigenvalue weighted by Gasteiger charge is 2.50. The molecule has 12 heterocycles. The number of piperazine rings is 6. The minimum absolute atomic E-state index is 0.0193. The number of carbonyl (C=O) groups excluding carboxylic acids is 1. The first-order chi connectivity index (χ1) is 44.2. The van der Waals surface area contributed by atoms with Crippen molar-refractivity contribution in [2.24, 2.45) is 5.73 Å². The van der Waals surface area contributed by atoms with E-state index in [9.17, 15) is 19.8 Å². The van der Waals surface area contributed by atoms with E-state index in [1.165, 1.54) is 89.6 Å². The number of aliphatic hydroxyl groups is 2. The maximum absolute atomic E-state index is 12.8. The number of halogens is 2. The standard InChI is InChI=1S/C34H36ClN5O5.C26H21ClN2O6.C8H18N3/c35-26-18-28-27(37-34(38-28)45-30-20-44-31-29(41)19-43-32(30)31)17-25(26)23-5-1-21(2-6-23)22-3-7-24(8-4-22)33(42)36-9-13-40-14-10-39(11-15-40)12-16-40;27-18-10-20-19(28-26(29-20)35-22-12-34-23-21(30)11-33-24(22)23)9-17(18)15-5-1-13(2-6-15)14-3-7-16(8-4-14)25(31)32;9-1-5-11-6-2-10(3-7-11)4-8-11/h1-8,17-18,29-32,41H,9-16,19-20H2,(H-,36,37,38,42);1-10,21-24,30H,11-12H2,(H,28,29)(H,31,32);1-9H2/q;;+1/p+1/t29-,30-,31-,32-;21-,22-,23-,24-;/m11./s1. The number of rotatable bonds is 15. The second-order valence-electron chi connectivity index (χ2n) is 25.2. The van der Waals surface area contributed by atoms with Crippen molar-refractivity contribution in [3.05, 3.63) is 142 Å². The fourth-order valence-electron chi connectivity index (χ4n) is 14.2. The summed E-state index contributed by atoms with van der Waals surface area (Å²) in [5.41, 5.74) is 17.0. The van der Waals surface area contributed by atoms with Gasteiger partial charge in [0.15, 0.2) is 12.2 Å². The Hall–Kier alpha value is -7.06. The number of nitrogens with two attached hydrogens (primary N) is 1. The fourth-order valence-corrected chi connectivity index (χ4v) is 14.7. The Labute approximate surface area is 536 Å². The molecule has 10 aliphatic rings. The van der Waals surface area contributed by atoms with Gasteiger partial charge in [0.05, 0.1) is 123 Å². The molecule has 91 heavy (non-hydrogen) atoms. The largest absolute Gasteiger partial charge is 0.478 e. The molecule has 21 nitrogen and oxygen atoms in total. The van der Waals surface area contributed by atoms with E-state index in [1.54, 1.807) is 24.3 Å². The topological polar surface area (TPSA) is 252 Å². The van der Waals surface area contributed by atoms with Crippen molar-refractivity contribution in [1.82, 2.24) is 35.1 Å².